The van der Waals surface area contributed by atoms with Crippen LogP contribution in [0.2, 0.25) is 0 Å². The summed E-state index contributed by atoms with van der Waals surface area (Å²) in [6, 6.07) is 6.17. The summed E-state index contributed by atoms with van der Waals surface area (Å²) in [6.45, 7) is 0.339. The molecule has 1 saturated heterocycles. The number of carbonyl (C=O) groups excluding carboxylic acids is 2. The number of piperazine rings is 1. The number of likely N-dealkylation sites (N-methyl/N-ethyl adjacent to an activating group) is 1. The van der Waals surface area contributed by atoms with E-state index >= 15 is 0 Å². The van der Waals surface area contributed by atoms with E-state index in [9.17, 15) is 27.2 Å². The first-order valence-electron chi connectivity index (χ1n) is 9.21. The van der Waals surface area contributed by atoms with Crippen molar-refractivity contribution < 1.29 is 27.2 Å². The standard InChI is InChI=1S/C20H20F4N4O2/c1-27-7-8-28(16(19(27)30)5-6-20(22,23)24)18(29)13-4-2-3-12(9-13)14-10-15(21)17(25)26-11-14/h2-4,9-11,16H,5-8H2,1H3,(H2,25,26)/t16-/m1/s1. The molecule has 1 aliphatic rings. The molecular formula is C20H20F4N4O2. The fourth-order valence-corrected chi connectivity index (χ4v) is 3.34. The predicted molar refractivity (Wildman–Crippen MR) is 102 cm³/mol. The van der Waals surface area contributed by atoms with Crippen LogP contribution in [-0.4, -0.2) is 59.0 Å². The number of aromatic nitrogens is 1. The second-order valence-electron chi connectivity index (χ2n) is 7.10. The van der Waals surface area contributed by atoms with E-state index in [2.05, 4.69) is 4.98 Å². The number of alkyl halides is 3. The number of benzene rings is 1. The van der Waals surface area contributed by atoms with Gasteiger partial charge in [-0.05, 0) is 30.2 Å². The highest BCUT2D eigenvalue weighted by Gasteiger charge is 2.39. The first-order valence-corrected chi connectivity index (χ1v) is 9.21. The zero-order chi connectivity index (χ0) is 22.1. The van der Waals surface area contributed by atoms with E-state index < -0.39 is 42.7 Å². The Labute approximate surface area is 170 Å². The fourth-order valence-electron chi connectivity index (χ4n) is 3.34. The molecule has 2 amide bonds. The molecule has 6 nitrogen and oxygen atoms in total. The summed E-state index contributed by atoms with van der Waals surface area (Å²) in [5.41, 5.74) is 6.43. The molecular weight excluding hydrogens is 404 g/mol. The Morgan fingerprint density at radius 1 is 1.23 bits per heavy atom. The number of pyridine rings is 1. The van der Waals surface area contributed by atoms with Crippen LogP contribution in [0, 0.1) is 5.82 Å². The summed E-state index contributed by atoms with van der Waals surface area (Å²) in [7, 11) is 1.49. The van der Waals surface area contributed by atoms with Gasteiger partial charge in [0, 0.05) is 43.9 Å². The van der Waals surface area contributed by atoms with Gasteiger partial charge >= 0.3 is 6.18 Å². The third kappa shape index (κ3) is 4.69. The van der Waals surface area contributed by atoms with Crippen LogP contribution in [0.15, 0.2) is 36.5 Å². The molecule has 10 heteroatoms. The molecule has 1 atom stereocenters. The quantitative estimate of drug-likeness (QED) is 0.765. The number of hydrogen-bond donors (Lipinski definition) is 1. The van der Waals surface area contributed by atoms with Gasteiger partial charge in [0.1, 0.15) is 6.04 Å². The number of rotatable bonds is 4. The van der Waals surface area contributed by atoms with Gasteiger partial charge in [0.15, 0.2) is 11.6 Å². The summed E-state index contributed by atoms with van der Waals surface area (Å²) in [4.78, 5) is 31.8. The van der Waals surface area contributed by atoms with Crippen LogP contribution in [0.4, 0.5) is 23.4 Å². The van der Waals surface area contributed by atoms with E-state index in [4.69, 9.17) is 5.73 Å². The van der Waals surface area contributed by atoms with Gasteiger partial charge in [-0.15, -0.1) is 0 Å². The van der Waals surface area contributed by atoms with Crippen LogP contribution in [0.3, 0.4) is 0 Å². The average molecular weight is 424 g/mol. The number of carbonyl (C=O) groups is 2. The zero-order valence-corrected chi connectivity index (χ0v) is 16.1. The Balaban J connectivity index is 1.88. The first-order chi connectivity index (χ1) is 14.1. The highest BCUT2D eigenvalue weighted by Crippen LogP contribution is 2.27. The minimum absolute atomic E-state index is 0.117. The maximum absolute atomic E-state index is 13.7. The van der Waals surface area contributed by atoms with Crippen LogP contribution < -0.4 is 5.73 Å². The SMILES string of the molecule is CN1CCN(C(=O)c2cccc(-c3cnc(N)c(F)c3)c2)[C@H](CCC(F)(F)F)C1=O. The maximum atomic E-state index is 13.7. The number of anilines is 1. The van der Waals surface area contributed by atoms with Gasteiger partial charge in [0.2, 0.25) is 5.91 Å². The number of nitrogen functional groups attached to an aromatic ring is 1. The maximum Gasteiger partial charge on any atom is 0.389 e. The van der Waals surface area contributed by atoms with Crippen molar-refractivity contribution in [3.05, 3.63) is 47.9 Å². The molecule has 2 N–H and O–H groups in total. The number of nitrogens with zero attached hydrogens (tertiary/aromatic N) is 3. The predicted octanol–water partition coefficient (Wildman–Crippen LogP) is 3.10. The van der Waals surface area contributed by atoms with Crippen molar-refractivity contribution in [1.82, 2.24) is 14.8 Å². The molecule has 30 heavy (non-hydrogen) atoms. The molecule has 2 aromatic rings. The van der Waals surface area contributed by atoms with Gasteiger partial charge in [0.25, 0.3) is 5.91 Å². The van der Waals surface area contributed by atoms with Crippen molar-refractivity contribution in [2.24, 2.45) is 0 Å². The lowest BCUT2D eigenvalue weighted by atomic mass is 10.0. The minimum Gasteiger partial charge on any atom is -0.381 e. The molecule has 0 spiro atoms. The number of amides is 2. The van der Waals surface area contributed by atoms with Crippen molar-refractivity contribution in [3.8, 4) is 11.1 Å². The van der Waals surface area contributed by atoms with Crippen LogP contribution in [0.5, 0.6) is 0 Å². The zero-order valence-electron chi connectivity index (χ0n) is 16.1. The average Bonchev–Trinajstić information content (AvgIpc) is 2.70. The molecule has 1 fully saturated rings. The summed E-state index contributed by atoms with van der Waals surface area (Å²) < 4.78 is 51.9. The molecule has 0 unspecified atom stereocenters. The Morgan fingerprint density at radius 2 is 1.97 bits per heavy atom. The monoisotopic (exact) mass is 424 g/mol. The van der Waals surface area contributed by atoms with Crippen molar-refractivity contribution in [1.29, 1.82) is 0 Å². The molecule has 160 valence electrons. The Hall–Kier alpha value is -3.17. The number of hydrogen-bond acceptors (Lipinski definition) is 4. The minimum atomic E-state index is -4.43. The lowest BCUT2D eigenvalue weighted by molar-refractivity contribution is -0.148. The molecule has 0 bridgehead atoms. The van der Waals surface area contributed by atoms with E-state index in [0.29, 0.717) is 11.1 Å². The van der Waals surface area contributed by atoms with Crippen LogP contribution in [-0.2, 0) is 4.79 Å². The Bertz CT molecular complexity index is 964. The van der Waals surface area contributed by atoms with Gasteiger partial charge in [0.05, 0.1) is 0 Å². The molecule has 0 saturated carbocycles. The summed E-state index contributed by atoms with van der Waals surface area (Å²) in [5, 5.41) is 0. The van der Waals surface area contributed by atoms with Crippen LogP contribution in [0.25, 0.3) is 11.1 Å². The van der Waals surface area contributed by atoms with Crippen LogP contribution >= 0.6 is 0 Å². The molecule has 2 heterocycles. The lowest BCUT2D eigenvalue weighted by Crippen LogP contribution is -2.57. The molecule has 3 rings (SSSR count). The van der Waals surface area contributed by atoms with E-state index in [1.807, 2.05) is 0 Å². The first kappa shape index (κ1) is 21.5. The molecule has 1 aromatic heterocycles. The Kier molecular flexibility index (Phi) is 5.95. The van der Waals surface area contributed by atoms with Gasteiger partial charge in [-0.1, -0.05) is 12.1 Å². The second kappa shape index (κ2) is 8.29. The highest BCUT2D eigenvalue weighted by molar-refractivity contribution is 5.99. The second-order valence-corrected chi connectivity index (χ2v) is 7.10. The van der Waals surface area contributed by atoms with E-state index in [1.165, 1.54) is 41.2 Å². The van der Waals surface area contributed by atoms with Crippen molar-refractivity contribution in [3.63, 3.8) is 0 Å². The van der Waals surface area contributed by atoms with Crippen molar-refractivity contribution in [2.45, 2.75) is 25.1 Å². The smallest absolute Gasteiger partial charge is 0.381 e. The van der Waals surface area contributed by atoms with Crippen molar-refractivity contribution >= 4 is 17.6 Å². The van der Waals surface area contributed by atoms with Gasteiger partial charge < -0.3 is 15.5 Å². The fraction of sp³-hybridized carbons (Fsp3) is 0.350. The van der Waals surface area contributed by atoms with E-state index in [0.717, 1.165) is 0 Å². The summed E-state index contributed by atoms with van der Waals surface area (Å²) in [5.74, 6) is -2.05. The van der Waals surface area contributed by atoms with E-state index in [-0.39, 0.29) is 24.5 Å². The number of nitrogens with two attached hydrogens (primary N) is 1. The third-order valence-corrected chi connectivity index (χ3v) is 4.99. The largest absolute Gasteiger partial charge is 0.389 e. The highest BCUT2D eigenvalue weighted by atomic mass is 19.4. The van der Waals surface area contributed by atoms with Crippen LogP contribution in [0.1, 0.15) is 23.2 Å². The summed E-state index contributed by atoms with van der Waals surface area (Å²) in [6.07, 6.45) is -4.76. The van der Waals surface area contributed by atoms with Crippen molar-refractivity contribution in [2.75, 3.05) is 25.9 Å². The molecule has 1 aromatic carbocycles. The van der Waals surface area contributed by atoms with Gasteiger partial charge in [-0.25, -0.2) is 9.37 Å². The summed E-state index contributed by atoms with van der Waals surface area (Å²) >= 11 is 0. The van der Waals surface area contributed by atoms with E-state index in [1.54, 1.807) is 12.1 Å². The number of halogens is 4. The topological polar surface area (TPSA) is 79.5 Å². The lowest BCUT2D eigenvalue weighted by Gasteiger charge is -2.39. The molecule has 0 aliphatic carbocycles. The third-order valence-electron chi connectivity index (χ3n) is 4.99. The molecule has 0 radical (unpaired) electrons. The normalized spacial score (nSPS) is 17.4. The van der Waals surface area contributed by atoms with Gasteiger partial charge in [-0.3, -0.25) is 9.59 Å². The molecule has 1 aliphatic heterocycles. The van der Waals surface area contributed by atoms with Gasteiger partial charge in [-0.2, -0.15) is 13.2 Å². The Morgan fingerprint density at radius 3 is 2.63 bits per heavy atom.